The van der Waals surface area contributed by atoms with Crippen LogP contribution in [0.15, 0.2) is 66.9 Å². The highest BCUT2D eigenvalue weighted by Gasteiger charge is 2.14. The van der Waals surface area contributed by atoms with E-state index in [1.54, 1.807) is 0 Å². The number of nitrogens with one attached hydrogen (secondary N) is 1. The number of rotatable bonds is 3. The largest absolute Gasteiger partial charge is 0.271 e. The van der Waals surface area contributed by atoms with Crippen LogP contribution in [0.1, 0.15) is 17.2 Å². The number of fused-ring (bicyclic) bond motifs is 1. The van der Waals surface area contributed by atoms with E-state index >= 15 is 0 Å². The van der Waals surface area contributed by atoms with Gasteiger partial charge in [-0.25, -0.2) is 5.43 Å². The molecule has 0 bridgehead atoms. The monoisotopic (exact) mass is 249 g/mol. The molecule has 0 saturated carbocycles. The Balaban J connectivity index is 2.17. The van der Waals surface area contributed by atoms with Gasteiger partial charge in [0.2, 0.25) is 0 Å². The Morgan fingerprint density at radius 1 is 0.895 bits per heavy atom. The molecule has 0 aliphatic carbocycles. The Morgan fingerprint density at radius 3 is 2.42 bits per heavy atom. The van der Waals surface area contributed by atoms with E-state index in [-0.39, 0.29) is 6.04 Å². The minimum atomic E-state index is -0.0332. The van der Waals surface area contributed by atoms with Gasteiger partial charge in [0.05, 0.1) is 11.6 Å². The summed E-state index contributed by atoms with van der Waals surface area (Å²) in [6.07, 6.45) is 1.82. The molecule has 3 rings (SSSR count). The zero-order valence-electron chi connectivity index (χ0n) is 10.5. The fraction of sp³-hybridized carbons (Fsp3) is 0.0625. The van der Waals surface area contributed by atoms with Crippen molar-refractivity contribution in [1.82, 2.24) is 10.4 Å². The van der Waals surface area contributed by atoms with Gasteiger partial charge in [0.15, 0.2) is 0 Å². The summed E-state index contributed by atoms with van der Waals surface area (Å²) in [7, 11) is 0. The van der Waals surface area contributed by atoms with E-state index in [1.807, 2.05) is 48.7 Å². The number of nitrogens with two attached hydrogens (primary N) is 1. The van der Waals surface area contributed by atoms with Gasteiger partial charge >= 0.3 is 0 Å². The molecule has 0 radical (unpaired) electrons. The molecule has 3 aromatic rings. The van der Waals surface area contributed by atoms with Crippen LogP contribution in [0.4, 0.5) is 0 Å². The summed E-state index contributed by atoms with van der Waals surface area (Å²) >= 11 is 0. The van der Waals surface area contributed by atoms with Gasteiger partial charge in [-0.2, -0.15) is 0 Å². The van der Waals surface area contributed by atoms with Crippen LogP contribution >= 0.6 is 0 Å². The molecule has 19 heavy (non-hydrogen) atoms. The summed E-state index contributed by atoms with van der Waals surface area (Å²) in [5.41, 5.74) is 6.16. The van der Waals surface area contributed by atoms with Crippen molar-refractivity contribution in [3.8, 4) is 0 Å². The molecular formula is C16H15N3. The lowest BCUT2D eigenvalue weighted by Gasteiger charge is -2.18. The molecule has 0 aliphatic heterocycles. The number of para-hydroxylation sites is 1. The third-order valence-corrected chi connectivity index (χ3v) is 3.29. The van der Waals surface area contributed by atoms with Crippen molar-refractivity contribution in [1.29, 1.82) is 0 Å². The van der Waals surface area contributed by atoms with E-state index in [0.29, 0.717) is 0 Å². The van der Waals surface area contributed by atoms with E-state index in [9.17, 15) is 0 Å². The van der Waals surface area contributed by atoms with Gasteiger partial charge in [-0.15, -0.1) is 0 Å². The Hall–Kier alpha value is -2.23. The quantitative estimate of drug-likeness (QED) is 0.554. The van der Waals surface area contributed by atoms with Gasteiger partial charge in [-0.3, -0.25) is 10.8 Å². The normalized spacial score (nSPS) is 12.5. The van der Waals surface area contributed by atoms with Gasteiger partial charge in [0.1, 0.15) is 0 Å². The summed E-state index contributed by atoms with van der Waals surface area (Å²) in [5.74, 6) is 5.76. The summed E-state index contributed by atoms with van der Waals surface area (Å²) in [6, 6.07) is 20.3. The molecule has 0 spiro atoms. The van der Waals surface area contributed by atoms with Crippen LogP contribution in [0.2, 0.25) is 0 Å². The minimum absolute atomic E-state index is 0.0332. The molecule has 3 N–H and O–H groups in total. The molecule has 1 aromatic heterocycles. The Kier molecular flexibility index (Phi) is 3.23. The van der Waals surface area contributed by atoms with Gasteiger partial charge in [0, 0.05) is 11.6 Å². The van der Waals surface area contributed by atoms with Crippen molar-refractivity contribution in [3.63, 3.8) is 0 Å². The highest BCUT2D eigenvalue weighted by Crippen LogP contribution is 2.27. The summed E-state index contributed by atoms with van der Waals surface area (Å²) < 4.78 is 0. The van der Waals surface area contributed by atoms with Crippen molar-refractivity contribution in [2.45, 2.75) is 6.04 Å². The average molecular weight is 249 g/mol. The highest BCUT2D eigenvalue weighted by molar-refractivity contribution is 5.82. The standard InChI is InChI=1S/C16H15N3/c17-19-16(12-6-2-1-3-7-12)14-10-11-18-15-9-5-4-8-13(14)15/h1-11,16,19H,17H2. The Labute approximate surface area is 112 Å². The molecular weight excluding hydrogens is 234 g/mol. The first-order chi connectivity index (χ1) is 9.40. The molecule has 1 unspecified atom stereocenters. The topological polar surface area (TPSA) is 50.9 Å². The molecule has 1 heterocycles. The number of pyridine rings is 1. The second kappa shape index (κ2) is 5.18. The van der Waals surface area contributed by atoms with Crippen molar-refractivity contribution in [2.75, 3.05) is 0 Å². The molecule has 0 fully saturated rings. The first-order valence-electron chi connectivity index (χ1n) is 6.25. The second-order valence-corrected chi connectivity index (χ2v) is 4.43. The molecule has 0 amide bonds. The zero-order chi connectivity index (χ0) is 13.1. The van der Waals surface area contributed by atoms with Crippen molar-refractivity contribution >= 4 is 10.9 Å². The number of hydrogen-bond donors (Lipinski definition) is 2. The minimum Gasteiger partial charge on any atom is -0.271 e. The summed E-state index contributed by atoms with van der Waals surface area (Å²) in [4.78, 5) is 4.38. The number of hydrogen-bond acceptors (Lipinski definition) is 3. The smallest absolute Gasteiger partial charge is 0.0717 e. The molecule has 1 atom stereocenters. The van der Waals surface area contributed by atoms with E-state index in [4.69, 9.17) is 5.84 Å². The number of hydrazine groups is 1. The number of nitrogens with zero attached hydrogens (tertiary/aromatic N) is 1. The maximum Gasteiger partial charge on any atom is 0.0717 e. The van der Waals surface area contributed by atoms with E-state index in [1.165, 1.54) is 0 Å². The lowest BCUT2D eigenvalue weighted by molar-refractivity contribution is 0.640. The number of aromatic nitrogens is 1. The third-order valence-electron chi connectivity index (χ3n) is 3.29. The van der Waals surface area contributed by atoms with Gasteiger partial charge in [-0.05, 0) is 23.3 Å². The molecule has 0 saturated heterocycles. The molecule has 0 aliphatic rings. The second-order valence-electron chi connectivity index (χ2n) is 4.43. The van der Waals surface area contributed by atoms with Crippen LogP contribution in [0.3, 0.4) is 0 Å². The number of benzene rings is 2. The van der Waals surface area contributed by atoms with Gasteiger partial charge < -0.3 is 0 Å². The SMILES string of the molecule is NNC(c1ccccc1)c1ccnc2ccccc12. The van der Waals surface area contributed by atoms with Crippen molar-refractivity contribution in [3.05, 3.63) is 78.0 Å². The van der Waals surface area contributed by atoms with Crippen molar-refractivity contribution in [2.24, 2.45) is 5.84 Å². The van der Waals surface area contributed by atoms with Crippen LogP contribution in [0, 0.1) is 0 Å². The zero-order valence-corrected chi connectivity index (χ0v) is 10.5. The lowest BCUT2D eigenvalue weighted by Crippen LogP contribution is -2.29. The third kappa shape index (κ3) is 2.21. The van der Waals surface area contributed by atoms with Crippen LogP contribution < -0.4 is 11.3 Å². The van der Waals surface area contributed by atoms with E-state index < -0.39 is 0 Å². The Morgan fingerprint density at radius 2 is 1.63 bits per heavy atom. The van der Waals surface area contributed by atoms with Crippen LogP contribution in [-0.2, 0) is 0 Å². The van der Waals surface area contributed by atoms with E-state index in [2.05, 4.69) is 28.6 Å². The summed E-state index contributed by atoms with van der Waals surface area (Å²) in [6.45, 7) is 0. The predicted molar refractivity (Wildman–Crippen MR) is 77.4 cm³/mol. The molecule has 94 valence electrons. The fourth-order valence-electron chi connectivity index (χ4n) is 2.38. The molecule has 3 heteroatoms. The highest BCUT2D eigenvalue weighted by atomic mass is 15.2. The lowest BCUT2D eigenvalue weighted by atomic mass is 9.96. The van der Waals surface area contributed by atoms with Gasteiger partial charge in [-0.1, -0.05) is 48.5 Å². The van der Waals surface area contributed by atoms with Crippen LogP contribution in [0.5, 0.6) is 0 Å². The predicted octanol–water partition coefficient (Wildman–Crippen LogP) is 2.79. The molecule has 2 aromatic carbocycles. The maximum atomic E-state index is 5.76. The Bertz CT molecular complexity index is 674. The van der Waals surface area contributed by atoms with Crippen LogP contribution in [-0.4, -0.2) is 4.98 Å². The maximum absolute atomic E-state index is 5.76. The molecule has 3 nitrogen and oxygen atoms in total. The van der Waals surface area contributed by atoms with E-state index in [0.717, 1.165) is 22.0 Å². The fourth-order valence-corrected chi connectivity index (χ4v) is 2.38. The summed E-state index contributed by atoms with van der Waals surface area (Å²) in [5, 5.41) is 1.12. The van der Waals surface area contributed by atoms with Crippen LogP contribution in [0.25, 0.3) is 10.9 Å². The van der Waals surface area contributed by atoms with Crippen molar-refractivity contribution < 1.29 is 0 Å². The first-order valence-corrected chi connectivity index (χ1v) is 6.25. The van der Waals surface area contributed by atoms with Gasteiger partial charge in [0.25, 0.3) is 0 Å². The average Bonchev–Trinajstić information content (AvgIpc) is 2.49. The first kappa shape index (κ1) is 11.8.